The second-order valence-electron chi connectivity index (χ2n) is 5.57. The Morgan fingerprint density at radius 2 is 1.85 bits per heavy atom. The number of methoxy groups -OCH3 is 1. The van der Waals surface area contributed by atoms with Gasteiger partial charge in [-0.05, 0) is 37.1 Å². The molecule has 1 saturated carbocycles. The lowest BCUT2D eigenvalue weighted by Gasteiger charge is -2.35. The summed E-state index contributed by atoms with van der Waals surface area (Å²) in [5.74, 6) is 0.443. The number of carbonyl (C=O) groups is 1. The van der Waals surface area contributed by atoms with E-state index in [2.05, 4.69) is 4.74 Å². The van der Waals surface area contributed by atoms with Crippen LogP contribution in [0.1, 0.15) is 42.5 Å². The maximum Gasteiger partial charge on any atom is 0.337 e. The molecule has 1 aromatic carbocycles. The lowest BCUT2D eigenvalue weighted by atomic mass is 9.75. The normalized spacial score (nSPS) is 17.5. The van der Waals surface area contributed by atoms with Crippen molar-refractivity contribution in [2.75, 3.05) is 20.3 Å². The number of carbonyl (C=O) groups excluding carboxylic acids is 1. The summed E-state index contributed by atoms with van der Waals surface area (Å²) in [6, 6.07) is 7.05. The van der Waals surface area contributed by atoms with Crippen LogP contribution in [0.3, 0.4) is 0 Å². The van der Waals surface area contributed by atoms with Gasteiger partial charge in [0.15, 0.2) is 0 Å². The molecule has 1 aliphatic rings. The van der Waals surface area contributed by atoms with Crippen molar-refractivity contribution in [3.05, 3.63) is 29.8 Å². The molecule has 0 atom stereocenters. The van der Waals surface area contributed by atoms with Crippen LogP contribution >= 0.6 is 0 Å². The Labute approximate surface area is 120 Å². The van der Waals surface area contributed by atoms with Crippen LogP contribution in [0.4, 0.5) is 0 Å². The Kier molecular flexibility index (Phi) is 5.01. The van der Waals surface area contributed by atoms with Crippen LogP contribution in [0.25, 0.3) is 0 Å². The van der Waals surface area contributed by atoms with Gasteiger partial charge in [-0.1, -0.05) is 19.3 Å². The van der Waals surface area contributed by atoms with Gasteiger partial charge in [0.1, 0.15) is 5.75 Å². The first-order valence-electron chi connectivity index (χ1n) is 7.20. The monoisotopic (exact) mass is 277 g/mol. The summed E-state index contributed by atoms with van der Waals surface area (Å²) in [6.07, 6.45) is 6.06. The average molecular weight is 277 g/mol. The number of hydrogen-bond donors (Lipinski definition) is 1. The summed E-state index contributed by atoms with van der Waals surface area (Å²) >= 11 is 0. The van der Waals surface area contributed by atoms with Crippen molar-refractivity contribution in [3.8, 4) is 5.75 Å². The van der Waals surface area contributed by atoms with E-state index in [1.54, 1.807) is 24.3 Å². The van der Waals surface area contributed by atoms with Crippen molar-refractivity contribution in [2.45, 2.75) is 32.1 Å². The largest absolute Gasteiger partial charge is 0.493 e. The van der Waals surface area contributed by atoms with Gasteiger partial charge in [0, 0.05) is 12.0 Å². The maximum atomic E-state index is 11.3. The van der Waals surface area contributed by atoms with Gasteiger partial charge in [-0.25, -0.2) is 4.79 Å². The highest BCUT2D eigenvalue weighted by Gasteiger charge is 2.31. The van der Waals surface area contributed by atoms with Crippen molar-refractivity contribution in [1.29, 1.82) is 0 Å². The number of nitrogens with two attached hydrogens (primary N) is 1. The molecule has 0 bridgehead atoms. The summed E-state index contributed by atoms with van der Waals surface area (Å²) in [5, 5.41) is 0. The maximum absolute atomic E-state index is 11.3. The molecule has 0 unspecified atom stereocenters. The van der Waals surface area contributed by atoms with Crippen LogP contribution in [0.2, 0.25) is 0 Å². The third-order valence-corrected chi connectivity index (χ3v) is 4.17. The first kappa shape index (κ1) is 14.9. The fourth-order valence-corrected chi connectivity index (χ4v) is 2.75. The highest BCUT2D eigenvalue weighted by atomic mass is 16.5. The number of hydrogen-bond acceptors (Lipinski definition) is 4. The van der Waals surface area contributed by atoms with E-state index >= 15 is 0 Å². The minimum absolute atomic E-state index is 0.124. The third kappa shape index (κ3) is 3.51. The SMILES string of the molecule is COC(=O)c1ccc(OCC2(CN)CCCCC2)cc1. The van der Waals surface area contributed by atoms with E-state index in [0.717, 1.165) is 18.6 Å². The van der Waals surface area contributed by atoms with Crippen LogP contribution in [-0.4, -0.2) is 26.2 Å². The van der Waals surface area contributed by atoms with Gasteiger partial charge < -0.3 is 15.2 Å². The molecule has 0 aromatic heterocycles. The molecular formula is C16H23NO3. The molecule has 1 fully saturated rings. The third-order valence-electron chi connectivity index (χ3n) is 4.17. The molecule has 0 saturated heterocycles. The summed E-state index contributed by atoms with van der Waals surface area (Å²) in [6.45, 7) is 1.33. The van der Waals surface area contributed by atoms with Crippen molar-refractivity contribution in [2.24, 2.45) is 11.1 Å². The lowest BCUT2D eigenvalue weighted by molar-refractivity contribution is 0.0600. The van der Waals surface area contributed by atoms with Crippen LogP contribution in [0, 0.1) is 5.41 Å². The fourth-order valence-electron chi connectivity index (χ4n) is 2.75. The second kappa shape index (κ2) is 6.75. The van der Waals surface area contributed by atoms with Crippen molar-refractivity contribution < 1.29 is 14.3 Å². The molecule has 4 heteroatoms. The van der Waals surface area contributed by atoms with Gasteiger partial charge in [0.05, 0.1) is 19.3 Å². The Hall–Kier alpha value is -1.55. The summed E-state index contributed by atoms with van der Waals surface area (Å²) in [4.78, 5) is 11.3. The zero-order valence-corrected chi connectivity index (χ0v) is 12.1. The Morgan fingerprint density at radius 3 is 2.40 bits per heavy atom. The first-order chi connectivity index (χ1) is 9.69. The van der Waals surface area contributed by atoms with Gasteiger partial charge >= 0.3 is 5.97 Å². The molecular weight excluding hydrogens is 254 g/mol. The number of rotatable bonds is 5. The van der Waals surface area contributed by atoms with Gasteiger partial charge in [-0.3, -0.25) is 0 Å². The molecule has 0 aliphatic heterocycles. The van der Waals surface area contributed by atoms with E-state index in [9.17, 15) is 4.79 Å². The molecule has 0 amide bonds. The minimum Gasteiger partial charge on any atom is -0.493 e. The first-order valence-corrected chi connectivity index (χ1v) is 7.20. The second-order valence-corrected chi connectivity index (χ2v) is 5.57. The quantitative estimate of drug-likeness (QED) is 0.841. The highest BCUT2D eigenvalue weighted by molar-refractivity contribution is 5.89. The smallest absolute Gasteiger partial charge is 0.337 e. The van der Waals surface area contributed by atoms with Gasteiger partial charge in [-0.2, -0.15) is 0 Å². The summed E-state index contributed by atoms with van der Waals surface area (Å²) < 4.78 is 10.5. The molecule has 1 aliphatic carbocycles. The van der Waals surface area contributed by atoms with Gasteiger partial charge in [0.2, 0.25) is 0 Å². The van der Waals surface area contributed by atoms with Crippen molar-refractivity contribution in [1.82, 2.24) is 0 Å². The molecule has 4 nitrogen and oxygen atoms in total. The van der Waals surface area contributed by atoms with Crippen LogP contribution in [0.5, 0.6) is 5.75 Å². The van der Waals surface area contributed by atoms with Gasteiger partial charge in [-0.15, -0.1) is 0 Å². The predicted molar refractivity (Wildman–Crippen MR) is 77.8 cm³/mol. The zero-order chi connectivity index (χ0) is 14.4. The van der Waals surface area contributed by atoms with Crippen LogP contribution < -0.4 is 10.5 Å². The summed E-state index contributed by atoms with van der Waals surface area (Å²) in [7, 11) is 1.38. The number of benzene rings is 1. The molecule has 2 N–H and O–H groups in total. The molecule has 110 valence electrons. The predicted octanol–water partition coefficient (Wildman–Crippen LogP) is 2.76. The summed E-state index contributed by atoms with van der Waals surface area (Å²) in [5.41, 5.74) is 6.60. The molecule has 0 radical (unpaired) electrons. The topological polar surface area (TPSA) is 61.5 Å². The molecule has 0 spiro atoms. The molecule has 0 heterocycles. The van der Waals surface area contributed by atoms with Crippen LogP contribution in [-0.2, 0) is 4.74 Å². The average Bonchev–Trinajstić information content (AvgIpc) is 2.53. The van der Waals surface area contributed by atoms with E-state index < -0.39 is 0 Å². The fraction of sp³-hybridized carbons (Fsp3) is 0.562. The van der Waals surface area contributed by atoms with E-state index in [1.807, 2.05) is 0 Å². The molecule has 2 rings (SSSR count). The van der Waals surface area contributed by atoms with E-state index in [0.29, 0.717) is 18.7 Å². The van der Waals surface area contributed by atoms with Crippen molar-refractivity contribution >= 4 is 5.97 Å². The van der Waals surface area contributed by atoms with Crippen LogP contribution in [0.15, 0.2) is 24.3 Å². The van der Waals surface area contributed by atoms with Crippen molar-refractivity contribution in [3.63, 3.8) is 0 Å². The molecule has 1 aromatic rings. The van der Waals surface area contributed by atoms with E-state index in [1.165, 1.54) is 26.4 Å². The number of ether oxygens (including phenoxy) is 2. The lowest BCUT2D eigenvalue weighted by Crippen LogP contribution is -2.38. The standard InChI is InChI=1S/C16H23NO3/c1-19-15(18)13-5-7-14(8-6-13)20-12-16(11-17)9-3-2-4-10-16/h5-8H,2-4,9-12,17H2,1H3. The van der Waals surface area contributed by atoms with E-state index in [4.69, 9.17) is 10.5 Å². The Balaban J connectivity index is 1.94. The Bertz CT molecular complexity index is 436. The minimum atomic E-state index is -0.331. The highest BCUT2D eigenvalue weighted by Crippen LogP contribution is 2.35. The Morgan fingerprint density at radius 1 is 1.20 bits per heavy atom. The zero-order valence-electron chi connectivity index (χ0n) is 12.1. The number of esters is 1. The van der Waals surface area contributed by atoms with E-state index in [-0.39, 0.29) is 11.4 Å². The molecule has 20 heavy (non-hydrogen) atoms. The van der Waals surface area contributed by atoms with Gasteiger partial charge in [0.25, 0.3) is 0 Å².